The van der Waals surface area contributed by atoms with Gasteiger partial charge in [0.2, 0.25) is 5.88 Å². The second-order valence-corrected chi connectivity index (χ2v) is 7.69. The first kappa shape index (κ1) is 20.2. The molecule has 140 valence electrons. The highest BCUT2D eigenvalue weighted by molar-refractivity contribution is 7.99. The first-order valence-corrected chi connectivity index (χ1v) is 9.87. The van der Waals surface area contributed by atoms with Gasteiger partial charge in [-0.25, -0.2) is 9.98 Å². The van der Waals surface area contributed by atoms with E-state index in [1.165, 1.54) is 0 Å². The number of rotatable bonds is 8. The summed E-state index contributed by atoms with van der Waals surface area (Å²) in [5, 5.41) is 0.745. The van der Waals surface area contributed by atoms with E-state index in [0.29, 0.717) is 11.8 Å². The Kier molecular flexibility index (Phi) is 7.45. The summed E-state index contributed by atoms with van der Waals surface area (Å²) in [6, 6.07) is 5.84. The Morgan fingerprint density at radius 2 is 2.04 bits per heavy atom. The van der Waals surface area contributed by atoms with E-state index < -0.39 is 0 Å². The smallest absolute Gasteiger partial charge is 0.223 e. The Morgan fingerprint density at radius 3 is 2.73 bits per heavy atom. The summed E-state index contributed by atoms with van der Waals surface area (Å²) in [4.78, 5) is 15.4. The van der Waals surface area contributed by atoms with E-state index in [1.807, 2.05) is 44.3 Å². The molecular formula is C20H28N4OS. The van der Waals surface area contributed by atoms with Gasteiger partial charge in [0, 0.05) is 31.6 Å². The number of thioether (sulfide) groups is 1. The number of aliphatic imine (C=N–C) groups is 1. The van der Waals surface area contributed by atoms with Gasteiger partial charge in [0.15, 0.2) is 5.16 Å². The third-order valence-corrected chi connectivity index (χ3v) is 5.04. The lowest BCUT2D eigenvalue weighted by Gasteiger charge is -2.12. The molecule has 2 aromatic rings. The molecule has 0 aliphatic rings. The first-order chi connectivity index (χ1) is 12.4. The molecule has 6 heteroatoms. The number of hydrogen-bond acceptors (Lipinski definition) is 5. The van der Waals surface area contributed by atoms with E-state index in [-0.39, 0.29) is 0 Å². The molecule has 0 unspecified atom stereocenters. The molecule has 5 nitrogen and oxygen atoms in total. The van der Waals surface area contributed by atoms with Gasteiger partial charge >= 0.3 is 0 Å². The molecule has 0 bridgehead atoms. The highest BCUT2D eigenvalue weighted by Gasteiger charge is 2.09. The van der Waals surface area contributed by atoms with Crippen LogP contribution < -0.4 is 4.74 Å². The average molecular weight is 373 g/mol. The summed E-state index contributed by atoms with van der Waals surface area (Å²) in [6.07, 6.45) is 3.59. The summed E-state index contributed by atoms with van der Waals surface area (Å²) in [6.45, 7) is 11.4. The molecule has 0 N–H and O–H groups in total. The number of nitrogens with zero attached hydrogens (tertiary/aromatic N) is 4. The molecule has 0 saturated carbocycles. The van der Waals surface area contributed by atoms with Crippen molar-refractivity contribution in [3.8, 4) is 11.6 Å². The minimum Gasteiger partial charge on any atom is -0.439 e. The third-order valence-electron chi connectivity index (χ3n) is 3.75. The second kappa shape index (κ2) is 9.57. The predicted molar refractivity (Wildman–Crippen MR) is 110 cm³/mol. The molecule has 0 aliphatic carbocycles. The fourth-order valence-corrected chi connectivity index (χ4v) is 2.84. The van der Waals surface area contributed by atoms with Gasteiger partial charge in [0.05, 0.1) is 12.0 Å². The Hall–Kier alpha value is -2.08. The van der Waals surface area contributed by atoms with Crippen LogP contribution in [0.3, 0.4) is 0 Å². The van der Waals surface area contributed by atoms with Gasteiger partial charge in [-0.05, 0) is 49.9 Å². The van der Waals surface area contributed by atoms with Crippen LogP contribution in [-0.4, -0.2) is 40.6 Å². The number of aromatic nitrogens is 2. The summed E-state index contributed by atoms with van der Waals surface area (Å²) in [5.41, 5.74) is 3.04. The topological polar surface area (TPSA) is 50.6 Å². The highest BCUT2D eigenvalue weighted by atomic mass is 32.2. The number of ether oxygens (including phenoxy) is 1. The molecular weight excluding hydrogens is 344 g/mol. The van der Waals surface area contributed by atoms with E-state index in [0.717, 1.165) is 40.0 Å². The molecule has 26 heavy (non-hydrogen) atoms. The van der Waals surface area contributed by atoms with Crippen LogP contribution in [0.2, 0.25) is 0 Å². The predicted octanol–water partition coefficient (Wildman–Crippen LogP) is 5.25. The van der Waals surface area contributed by atoms with Crippen LogP contribution in [0.1, 0.15) is 31.9 Å². The monoisotopic (exact) mass is 372 g/mol. The maximum absolute atomic E-state index is 6.01. The molecule has 0 aliphatic heterocycles. The van der Waals surface area contributed by atoms with Crippen molar-refractivity contribution in [2.45, 2.75) is 39.8 Å². The maximum atomic E-state index is 6.01. The van der Waals surface area contributed by atoms with Gasteiger partial charge in [-0.3, -0.25) is 0 Å². The van der Waals surface area contributed by atoms with Crippen molar-refractivity contribution < 1.29 is 4.74 Å². The van der Waals surface area contributed by atoms with Crippen molar-refractivity contribution in [2.75, 3.05) is 19.3 Å². The van der Waals surface area contributed by atoms with Crippen LogP contribution in [0.4, 0.5) is 5.69 Å². The molecule has 2 rings (SSSR count). The normalized spacial score (nSPS) is 11.3. The summed E-state index contributed by atoms with van der Waals surface area (Å²) in [5.74, 6) is 2.94. The molecule has 1 aromatic heterocycles. The Labute approximate surface area is 160 Å². The van der Waals surface area contributed by atoms with Gasteiger partial charge in [0.1, 0.15) is 5.75 Å². The van der Waals surface area contributed by atoms with E-state index in [4.69, 9.17) is 4.74 Å². The lowest BCUT2D eigenvalue weighted by molar-refractivity contribution is 0.452. The lowest BCUT2D eigenvalue weighted by atomic mass is 10.1. The molecule has 0 saturated heterocycles. The van der Waals surface area contributed by atoms with Crippen LogP contribution in [0.25, 0.3) is 0 Å². The second-order valence-electron chi connectivity index (χ2n) is 6.71. The molecule has 0 radical (unpaired) electrons. The Morgan fingerprint density at radius 1 is 1.27 bits per heavy atom. The van der Waals surface area contributed by atoms with Crippen molar-refractivity contribution in [2.24, 2.45) is 10.9 Å². The largest absolute Gasteiger partial charge is 0.439 e. The highest BCUT2D eigenvalue weighted by Crippen LogP contribution is 2.31. The van der Waals surface area contributed by atoms with Crippen LogP contribution in [0.5, 0.6) is 11.6 Å². The Balaban J connectivity index is 2.16. The number of hydrogen-bond donors (Lipinski definition) is 0. The fraction of sp³-hybridized carbons (Fsp3) is 0.450. The zero-order valence-electron chi connectivity index (χ0n) is 16.5. The fourth-order valence-electron chi connectivity index (χ4n) is 2.07. The van der Waals surface area contributed by atoms with Crippen LogP contribution in [-0.2, 0) is 0 Å². The standard InChI is InChI=1S/C20H28N4OS/c1-7-24(6)13-22-17-10-16(5)18(11-15(17)4)25-19-8-9-21-20(23-19)26-12-14(2)3/h8-11,13-14H,7,12H2,1-6H3. The van der Waals surface area contributed by atoms with Crippen LogP contribution in [0, 0.1) is 19.8 Å². The van der Waals surface area contributed by atoms with Crippen molar-refractivity contribution in [1.29, 1.82) is 0 Å². The minimum absolute atomic E-state index is 0.565. The van der Waals surface area contributed by atoms with Gasteiger partial charge in [0.25, 0.3) is 0 Å². The van der Waals surface area contributed by atoms with Gasteiger partial charge < -0.3 is 9.64 Å². The third kappa shape index (κ3) is 6.02. The molecule has 0 spiro atoms. The van der Waals surface area contributed by atoms with Gasteiger partial charge in [-0.15, -0.1) is 0 Å². The number of benzene rings is 1. The number of aryl methyl sites for hydroxylation is 2. The van der Waals surface area contributed by atoms with Crippen LogP contribution in [0.15, 0.2) is 34.5 Å². The molecule has 0 atom stereocenters. The van der Waals surface area contributed by atoms with Crippen molar-refractivity contribution in [1.82, 2.24) is 14.9 Å². The summed E-state index contributed by atoms with van der Waals surface area (Å²) >= 11 is 1.65. The summed E-state index contributed by atoms with van der Waals surface area (Å²) < 4.78 is 6.01. The van der Waals surface area contributed by atoms with E-state index in [1.54, 1.807) is 24.0 Å². The van der Waals surface area contributed by atoms with E-state index in [2.05, 4.69) is 35.7 Å². The molecule has 1 heterocycles. The SMILES string of the molecule is CCN(C)C=Nc1cc(C)c(Oc2ccnc(SCC(C)C)n2)cc1C. The molecule has 0 fully saturated rings. The average Bonchev–Trinajstić information content (AvgIpc) is 2.61. The summed E-state index contributed by atoms with van der Waals surface area (Å²) in [7, 11) is 2.01. The van der Waals surface area contributed by atoms with Crippen molar-refractivity contribution in [3.05, 3.63) is 35.5 Å². The molecule has 0 amide bonds. The minimum atomic E-state index is 0.565. The molecule has 1 aromatic carbocycles. The van der Waals surface area contributed by atoms with Gasteiger partial charge in [-0.1, -0.05) is 25.6 Å². The zero-order valence-corrected chi connectivity index (χ0v) is 17.3. The van der Waals surface area contributed by atoms with Crippen LogP contribution >= 0.6 is 11.8 Å². The van der Waals surface area contributed by atoms with Crippen molar-refractivity contribution >= 4 is 23.8 Å². The van der Waals surface area contributed by atoms with E-state index in [9.17, 15) is 0 Å². The van der Waals surface area contributed by atoms with Crippen molar-refractivity contribution in [3.63, 3.8) is 0 Å². The quantitative estimate of drug-likeness (QED) is 0.274. The zero-order chi connectivity index (χ0) is 19.1. The Bertz CT molecular complexity index is 761. The maximum Gasteiger partial charge on any atom is 0.223 e. The first-order valence-electron chi connectivity index (χ1n) is 8.88. The van der Waals surface area contributed by atoms with E-state index >= 15 is 0 Å². The lowest BCUT2D eigenvalue weighted by Crippen LogP contribution is -2.14. The van der Waals surface area contributed by atoms with Gasteiger partial charge in [-0.2, -0.15) is 4.98 Å².